The Morgan fingerprint density at radius 1 is 1.32 bits per heavy atom. The van der Waals surface area contributed by atoms with Gasteiger partial charge in [0.15, 0.2) is 0 Å². The zero-order valence-electron chi connectivity index (χ0n) is 12.9. The van der Waals surface area contributed by atoms with Crippen molar-refractivity contribution in [3.05, 3.63) is 29.3 Å². The van der Waals surface area contributed by atoms with Gasteiger partial charge in [0.1, 0.15) is 0 Å². The van der Waals surface area contributed by atoms with Gasteiger partial charge >= 0.3 is 5.97 Å². The smallest absolute Gasteiger partial charge is 0.306 e. The number of nitrogens with zero attached hydrogens (tertiary/aromatic N) is 1. The van der Waals surface area contributed by atoms with E-state index in [-0.39, 0.29) is 12.0 Å². The average molecular weight is 301 g/mol. The maximum absolute atomic E-state index is 11.2. The SMILES string of the molecule is CN1CCc2cc(C3NNC4CC(C(=O)O)CCC43)ccc21. The van der Waals surface area contributed by atoms with E-state index in [0.717, 1.165) is 32.2 Å². The van der Waals surface area contributed by atoms with Crippen molar-refractivity contribution in [1.29, 1.82) is 0 Å². The number of hydrazine groups is 1. The molecule has 5 heteroatoms. The molecule has 2 heterocycles. The van der Waals surface area contributed by atoms with Gasteiger partial charge in [0.2, 0.25) is 0 Å². The number of hydrogen-bond donors (Lipinski definition) is 3. The summed E-state index contributed by atoms with van der Waals surface area (Å²) in [6.45, 7) is 1.10. The molecule has 0 aromatic heterocycles. The number of nitrogens with one attached hydrogen (secondary N) is 2. The third-order valence-corrected chi connectivity index (χ3v) is 5.70. The van der Waals surface area contributed by atoms with Gasteiger partial charge in [-0.25, -0.2) is 5.43 Å². The third-order valence-electron chi connectivity index (χ3n) is 5.70. The second-order valence-electron chi connectivity index (χ2n) is 6.94. The molecular weight excluding hydrogens is 278 g/mol. The molecule has 1 saturated carbocycles. The summed E-state index contributed by atoms with van der Waals surface area (Å²) < 4.78 is 0. The molecule has 0 radical (unpaired) electrons. The average Bonchev–Trinajstić information content (AvgIpc) is 3.10. The van der Waals surface area contributed by atoms with Gasteiger partial charge in [-0.05, 0) is 48.8 Å². The highest BCUT2D eigenvalue weighted by atomic mass is 16.4. The van der Waals surface area contributed by atoms with Crippen LogP contribution in [0.4, 0.5) is 5.69 Å². The maximum Gasteiger partial charge on any atom is 0.306 e. The van der Waals surface area contributed by atoms with Gasteiger partial charge in [-0.1, -0.05) is 12.1 Å². The van der Waals surface area contributed by atoms with E-state index in [4.69, 9.17) is 0 Å². The molecule has 0 spiro atoms. The zero-order chi connectivity index (χ0) is 15.3. The Balaban J connectivity index is 1.54. The van der Waals surface area contributed by atoms with Gasteiger partial charge in [-0.15, -0.1) is 0 Å². The van der Waals surface area contributed by atoms with Crippen molar-refractivity contribution in [1.82, 2.24) is 10.9 Å². The van der Waals surface area contributed by atoms with E-state index < -0.39 is 5.97 Å². The van der Waals surface area contributed by atoms with E-state index in [1.807, 2.05) is 0 Å². The molecule has 1 saturated heterocycles. The summed E-state index contributed by atoms with van der Waals surface area (Å²) in [7, 11) is 2.14. The van der Waals surface area contributed by atoms with Crippen LogP contribution in [-0.4, -0.2) is 30.7 Å². The number of carboxylic acid groups (broad SMARTS) is 1. The number of aliphatic carboxylic acids is 1. The number of benzene rings is 1. The molecule has 4 unspecified atom stereocenters. The molecule has 5 nitrogen and oxygen atoms in total. The first-order valence-electron chi connectivity index (χ1n) is 8.21. The van der Waals surface area contributed by atoms with Crippen LogP contribution in [0.15, 0.2) is 18.2 Å². The fourth-order valence-electron chi connectivity index (χ4n) is 4.40. The fraction of sp³-hybridized carbons (Fsp3) is 0.588. The van der Waals surface area contributed by atoms with Crippen molar-refractivity contribution in [2.75, 3.05) is 18.5 Å². The molecule has 1 aliphatic carbocycles. The first-order valence-corrected chi connectivity index (χ1v) is 8.21. The minimum Gasteiger partial charge on any atom is -0.481 e. The summed E-state index contributed by atoms with van der Waals surface area (Å²) in [5, 5.41) is 9.22. The summed E-state index contributed by atoms with van der Waals surface area (Å²) in [6.07, 6.45) is 3.62. The highest BCUT2D eigenvalue weighted by molar-refractivity contribution is 5.70. The summed E-state index contributed by atoms with van der Waals surface area (Å²) in [4.78, 5) is 13.5. The first kappa shape index (κ1) is 14.0. The summed E-state index contributed by atoms with van der Waals surface area (Å²) in [6, 6.07) is 7.37. The highest BCUT2D eigenvalue weighted by Gasteiger charge is 2.42. The van der Waals surface area contributed by atoms with Crippen LogP contribution in [0.5, 0.6) is 0 Å². The summed E-state index contributed by atoms with van der Waals surface area (Å²) >= 11 is 0. The van der Waals surface area contributed by atoms with Crippen molar-refractivity contribution in [2.45, 2.75) is 37.8 Å². The quantitative estimate of drug-likeness (QED) is 0.776. The van der Waals surface area contributed by atoms with Gasteiger partial charge in [-0.3, -0.25) is 10.2 Å². The molecule has 1 aromatic carbocycles. The van der Waals surface area contributed by atoms with Crippen LogP contribution in [0.2, 0.25) is 0 Å². The predicted molar refractivity (Wildman–Crippen MR) is 84.7 cm³/mol. The number of anilines is 1. The van der Waals surface area contributed by atoms with Crippen molar-refractivity contribution < 1.29 is 9.90 Å². The molecular formula is C17H23N3O2. The van der Waals surface area contributed by atoms with Crippen LogP contribution >= 0.6 is 0 Å². The van der Waals surface area contributed by atoms with Crippen molar-refractivity contribution in [2.24, 2.45) is 11.8 Å². The molecule has 0 amide bonds. The minimum absolute atomic E-state index is 0.192. The van der Waals surface area contributed by atoms with Crippen LogP contribution < -0.4 is 15.8 Å². The third kappa shape index (κ3) is 2.20. The van der Waals surface area contributed by atoms with E-state index >= 15 is 0 Å². The van der Waals surface area contributed by atoms with E-state index in [9.17, 15) is 9.90 Å². The van der Waals surface area contributed by atoms with Crippen LogP contribution in [0.3, 0.4) is 0 Å². The molecule has 118 valence electrons. The Labute approximate surface area is 130 Å². The molecule has 3 N–H and O–H groups in total. The molecule has 4 rings (SSSR count). The lowest BCUT2D eigenvalue weighted by molar-refractivity contribution is -0.143. The molecule has 0 bridgehead atoms. The van der Waals surface area contributed by atoms with E-state index in [1.165, 1.54) is 16.8 Å². The molecule has 1 aromatic rings. The van der Waals surface area contributed by atoms with Crippen LogP contribution in [-0.2, 0) is 11.2 Å². The molecule has 4 atom stereocenters. The zero-order valence-corrected chi connectivity index (χ0v) is 12.9. The van der Waals surface area contributed by atoms with Crippen molar-refractivity contribution >= 4 is 11.7 Å². The Morgan fingerprint density at radius 3 is 3.00 bits per heavy atom. The van der Waals surface area contributed by atoms with Gasteiger partial charge in [-0.2, -0.15) is 0 Å². The van der Waals surface area contributed by atoms with Crippen LogP contribution in [0.25, 0.3) is 0 Å². The molecule has 2 fully saturated rings. The second-order valence-corrected chi connectivity index (χ2v) is 6.94. The summed E-state index contributed by atoms with van der Waals surface area (Å²) in [5.74, 6) is -0.347. The molecule has 22 heavy (non-hydrogen) atoms. The maximum atomic E-state index is 11.2. The van der Waals surface area contributed by atoms with Crippen molar-refractivity contribution in [3.8, 4) is 0 Å². The lowest BCUT2D eigenvalue weighted by Crippen LogP contribution is -2.38. The fourth-order valence-corrected chi connectivity index (χ4v) is 4.40. The Morgan fingerprint density at radius 2 is 2.18 bits per heavy atom. The van der Waals surface area contributed by atoms with Gasteiger partial charge in [0.05, 0.1) is 12.0 Å². The largest absolute Gasteiger partial charge is 0.481 e. The highest BCUT2D eigenvalue weighted by Crippen LogP contribution is 2.41. The monoisotopic (exact) mass is 301 g/mol. The Kier molecular flexibility index (Phi) is 3.35. The second kappa shape index (κ2) is 5.25. The van der Waals surface area contributed by atoms with Gasteiger partial charge < -0.3 is 10.0 Å². The lowest BCUT2D eigenvalue weighted by Gasteiger charge is -2.31. The topological polar surface area (TPSA) is 64.6 Å². The number of rotatable bonds is 2. The van der Waals surface area contributed by atoms with E-state index in [0.29, 0.717) is 12.0 Å². The number of hydrogen-bond acceptors (Lipinski definition) is 4. The minimum atomic E-state index is -0.649. The number of likely N-dealkylation sites (N-methyl/N-ethyl adjacent to an activating group) is 1. The van der Waals surface area contributed by atoms with Crippen LogP contribution in [0.1, 0.15) is 36.4 Å². The number of carboxylic acids is 1. The molecule has 2 aliphatic heterocycles. The number of fused-ring (bicyclic) bond motifs is 2. The van der Waals surface area contributed by atoms with E-state index in [1.54, 1.807) is 0 Å². The summed E-state index contributed by atoms with van der Waals surface area (Å²) in [5.41, 5.74) is 10.9. The lowest BCUT2D eigenvalue weighted by atomic mass is 9.75. The van der Waals surface area contributed by atoms with E-state index in [2.05, 4.69) is 41.0 Å². The predicted octanol–water partition coefficient (Wildman–Crippen LogP) is 1.70. The molecule has 3 aliphatic rings. The number of carbonyl (C=O) groups is 1. The standard InChI is InChI=1S/C17H23N3O2/c1-20-7-6-10-8-11(3-5-15(10)20)16-13-4-2-12(17(21)22)9-14(13)18-19-16/h3,5,8,12-14,16,18-19H,2,4,6-7,9H2,1H3,(H,21,22). The van der Waals surface area contributed by atoms with Gasteiger partial charge in [0.25, 0.3) is 0 Å². The van der Waals surface area contributed by atoms with Gasteiger partial charge in [0, 0.05) is 25.3 Å². The Bertz CT molecular complexity index is 604. The Hall–Kier alpha value is -1.59. The van der Waals surface area contributed by atoms with Crippen molar-refractivity contribution in [3.63, 3.8) is 0 Å². The normalized spacial score (nSPS) is 33.6. The first-order chi connectivity index (χ1) is 10.6. The van der Waals surface area contributed by atoms with Crippen LogP contribution in [0, 0.1) is 11.8 Å².